The average Bonchev–Trinajstić information content (AvgIpc) is 2.53. The summed E-state index contributed by atoms with van der Waals surface area (Å²) in [5, 5.41) is 6.41. The molecule has 0 spiro atoms. The summed E-state index contributed by atoms with van der Waals surface area (Å²) in [7, 11) is 0. The molecule has 0 fully saturated rings. The van der Waals surface area contributed by atoms with E-state index in [0.717, 1.165) is 6.07 Å². The number of hydrazone groups is 1. The quantitative estimate of drug-likeness (QED) is 0.778. The number of benzene rings is 1. The SMILES string of the molecule is C[C@@H]1NC(=O)NN=C1c1ccc(-c2ccnc(N)c2)c(C(F)(F)F)c1. The summed E-state index contributed by atoms with van der Waals surface area (Å²) < 4.78 is 40.7. The lowest BCUT2D eigenvalue weighted by Crippen LogP contribution is -2.48. The lowest BCUT2D eigenvalue weighted by Gasteiger charge is -2.22. The van der Waals surface area contributed by atoms with E-state index in [0.29, 0.717) is 11.3 Å². The van der Waals surface area contributed by atoms with Gasteiger partial charge in [0, 0.05) is 11.8 Å². The standard InChI is InChI=1S/C16H14F3N5O/c1-8-14(23-24-15(25)22-8)10-2-3-11(12(6-10)16(17,18)19)9-4-5-21-13(20)7-9/h2-8H,1H3,(H2,20,21)(H2,22,24,25)/t8-/m0/s1. The molecule has 3 rings (SSSR count). The molecule has 1 atom stereocenters. The van der Waals surface area contributed by atoms with Gasteiger partial charge in [0.25, 0.3) is 0 Å². The van der Waals surface area contributed by atoms with Crippen molar-refractivity contribution < 1.29 is 18.0 Å². The fraction of sp³-hybridized carbons (Fsp3) is 0.188. The summed E-state index contributed by atoms with van der Waals surface area (Å²) in [5.41, 5.74) is 7.84. The number of hydrogen-bond acceptors (Lipinski definition) is 4. The molecule has 9 heteroatoms. The minimum atomic E-state index is -4.57. The van der Waals surface area contributed by atoms with Gasteiger partial charge in [0.15, 0.2) is 0 Å². The number of aromatic nitrogens is 1. The third-order valence-corrected chi connectivity index (χ3v) is 3.75. The van der Waals surface area contributed by atoms with Crippen molar-refractivity contribution in [2.75, 3.05) is 5.73 Å². The first-order chi connectivity index (χ1) is 11.8. The number of halogens is 3. The molecule has 0 radical (unpaired) electrons. The topological polar surface area (TPSA) is 92.4 Å². The first kappa shape index (κ1) is 16.7. The highest BCUT2D eigenvalue weighted by Crippen LogP contribution is 2.38. The van der Waals surface area contributed by atoms with Gasteiger partial charge in [-0.25, -0.2) is 15.2 Å². The Morgan fingerprint density at radius 1 is 1.16 bits per heavy atom. The number of hydrogen-bond donors (Lipinski definition) is 3. The summed E-state index contributed by atoms with van der Waals surface area (Å²) in [6.45, 7) is 1.64. The van der Waals surface area contributed by atoms with Crippen molar-refractivity contribution in [1.82, 2.24) is 15.7 Å². The number of urea groups is 1. The molecule has 0 unspecified atom stereocenters. The summed E-state index contributed by atoms with van der Waals surface area (Å²) in [5.74, 6) is 0.131. The molecule has 0 saturated carbocycles. The molecule has 25 heavy (non-hydrogen) atoms. The van der Waals surface area contributed by atoms with Gasteiger partial charge in [0.1, 0.15) is 5.82 Å². The fourth-order valence-electron chi connectivity index (χ4n) is 2.63. The van der Waals surface area contributed by atoms with Crippen LogP contribution in [0.5, 0.6) is 0 Å². The van der Waals surface area contributed by atoms with Crippen LogP contribution < -0.4 is 16.5 Å². The van der Waals surface area contributed by atoms with Crippen LogP contribution in [-0.4, -0.2) is 22.8 Å². The van der Waals surface area contributed by atoms with Crippen LogP contribution in [-0.2, 0) is 6.18 Å². The van der Waals surface area contributed by atoms with Crippen molar-refractivity contribution in [2.24, 2.45) is 5.10 Å². The number of rotatable bonds is 2. The number of nitrogen functional groups attached to an aromatic ring is 1. The second-order valence-electron chi connectivity index (χ2n) is 5.53. The average molecular weight is 349 g/mol. The number of anilines is 1. The van der Waals surface area contributed by atoms with Crippen molar-refractivity contribution in [2.45, 2.75) is 19.1 Å². The van der Waals surface area contributed by atoms with E-state index in [4.69, 9.17) is 5.73 Å². The van der Waals surface area contributed by atoms with Crippen LogP contribution in [0.25, 0.3) is 11.1 Å². The zero-order valence-corrected chi connectivity index (χ0v) is 13.1. The lowest BCUT2D eigenvalue weighted by atomic mass is 9.94. The molecule has 1 aliphatic heterocycles. The van der Waals surface area contributed by atoms with Gasteiger partial charge in [-0.1, -0.05) is 12.1 Å². The summed E-state index contributed by atoms with van der Waals surface area (Å²) >= 11 is 0. The van der Waals surface area contributed by atoms with Crippen molar-refractivity contribution in [3.8, 4) is 11.1 Å². The molecule has 1 aliphatic rings. The second-order valence-corrected chi connectivity index (χ2v) is 5.53. The molecule has 2 aromatic rings. The Balaban J connectivity index is 2.12. The maximum absolute atomic E-state index is 13.6. The van der Waals surface area contributed by atoms with E-state index in [-0.39, 0.29) is 16.9 Å². The van der Waals surface area contributed by atoms with Crippen molar-refractivity contribution in [3.05, 3.63) is 47.7 Å². The molecular weight excluding hydrogens is 335 g/mol. The maximum atomic E-state index is 13.6. The monoisotopic (exact) mass is 349 g/mol. The van der Waals surface area contributed by atoms with Gasteiger partial charge < -0.3 is 11.1 Å². The molecule has 2 amide bonds. The maximum Gasteiger partial charge on any atom is 0.417 e. The predicted octanol–water partition coefficient (Wildman–Crippen LogP) is 2.76. The number of carbonyl (C=O) groups excluding carboxylic acids is 1. The van der Waals surface area contributed by atoms with Crippen LogP contribution in [0, 0.1) is 0 Å². The Bertz CT molecular complexity index is 863. The molecule has 1 aromatic carbocycles. The summed E-state index contributed by atoms with van der Waals surface area (Å²) in [6, 6.07) is 5.72. The van der Waals surface area contributed by atoms with E-state index in [1.54, 1.807) is 6.92 Å². The Morgan fingerprint density at radius 3 is 2.56 bits per heavy atom. The third kappa shape index (κ3) is 3.39. The second kappa shape index (κ2) is 6.08. The number of nitrogens with two attached hydrogens (primary N) is 1. The van der Waals surface area contributed by atoms with Crippen LogP contribution in [0.4, 0.5) is 23.8 Å². The highest BCUT2D eigenvalue weighted by molar-refractivity contribution is 6.07. The predicted molar refractivity (Wildman–Crippen MR) is 86.8 cm³/mol. The minimum absolute atomic E-state index is 0.00796. The molecular formula is C16H14F3N5O. The zero-order chi connectivity index (χ0) is 18.2. The van der Waals surface area contributed by atoms with E-state index >= 15 is 0 Å². The van der Waals surface area contributed by atoms with E-state index in [1.807, 2.05) is 0 Å². The van der Waals surface area contributed by atoms with Gasteiger partial charge >= 0.3 is 12.2 Å². The normalized spacial score (nSPS) is 17.5. The Hall–Kier alpha value is -3.10. The number of pyridine rings is 1. The van der Waals surface area contributed by atoms with E-state index < -0.39 is 23.8 Å². The zero-order valence-electron chi connectivity index (χ0n) is 13.1. The van der Waals surface area contributed by atoms with Crippen LogP contribution in [0.3, 0.4) is 0 Å². The first-order valence-electron chi connectivity index (χ1n) is 7.33. The number of amides is 2. The molecule has 2 heterocycles. The highest BCUT2D eigenvalue weighted by Gasteiger charge is 2.35. The van der Waals surface area contributed by atoms with Gasteiger partial charge in [-0.3, -0.25) is 0 Å². The molecule has 6 nitrogen and oxygen atoms in total. The largest absolute Gasteiger partial charge is 0.417 e. The van der Waals surface area contributed by atoms with E-state index in [2.05, 4.69) is 20.8 Å². The lowest BCUT2D eigenvalue weighted by molar-refractivity contribution is -0.137. The molecule has 130 valence electrons. The molecule has 0 aliphatic carbocycles. The van der Waals surface area contributed by atoms with Gasteiger partial charge in [-0.05, 0) is 36.2 Å². The smallest absolute Gasteiger partial charge is 0.384 e. The van der Waals surface area contributed by atoms with Gasteiger partial charge in [-0.2, -0.15) is 18.3 Å². The van der Waals surface area contributed by atoms with Crippen molar-refractivity contribution in [1.29, 1.82) is 0 Å². The van der Waals surface area contributed by atoms with Crippen LogP contribution >= 0.6 is 0 Å². The van der Waals surface area contributed by atoms with E-state index in [1.165, 1.54) is 30.5 Å². The number of nitrogens with zero attached hydrogens (tertiary/aromatic N) is 2. The van der Waals surface area contributed by atoms with Gasteiger partial charge in [0.2, 0.25) is 0 Å². The van der Waals surface area contributed by atoms with Gasteiger partial charge in [0.05, 0.1) is 17.3 Å². The van der Waals surface area contributed by atoms with Crippen LogP contribution in [0.15, 0.2) is 41.6 Å². The Kier molecular flexibility index (Phi) is 4.07. The Labute approximate surface area is 140 Å². The van der Waals surface area contributed by atoms with E-state index in [9.17, 15) is 18.0 Å². The van der Waals surface area contributed by atoms with Gasteiger partial charge in [-0.15, -0.1) is 0 Å². The van der Waals surface area contributed by atoms with Crippen molar-refractivity contribution >= 4 is 17.6 Å². The molecule has 4 N–H and O–H groups in total. The van der Waals surface area contributed by atoms with Crippen LogP contribution in [0.1, 0.15) is 18.1 Å². The number of carbonyl (C=O) groups is 1. The highest BCUT2D eigenvalue weighted by atomic mass is 19.4. The Morgan fingerprint density at radius 2 is 1.92 bits per heavy atom. The summed E-state index contributed by atoms with van der Waals surface area (Å²) in [4.78, 5) is 15.0. The number of alkyl halides is 3. The summed E-state index contributed by atoms with van der Waals surface area (Å²) in [6.07, 6.45) is -3.22. The molecule has 1 aromatic heterocycles. The molecule has 0 bridgehead atoms. The minimum Gasteiger partial charge on any atom is -0.384 e. The first-order valence-corrected chi connectivity index (χ1v) is 7.33. The molecule has 0 saturated heterocycles. The number of nitrogens with one attached hydrogen (secondary N) is 2. The fourth-order valence-corrected chi connectivity index (χ4v) is 2.63. The third-order valence-electron chi connectivity index (χ3n) is 3.75. The van der Waals surface area contributed by atoms with Crippen molar-refractivity contribution in [3.63, 3.8) is 0 Å². The van der Waals surface area contributed by atoms with Crippen LogP contribution in [0.2, 0.25) is 0 Å².